The topological polar surface area (TPSA) is 8.17 Å². The third-order valence-electron chi connectivity index (χ3n) is 14.4. The van der Waals surface area contributed by atoms with E-state index in [-0.39, 0.29) is 5.41 Å². The van der Waals surface area contributed by atoms with Crippen LogP contribution in [0.1, 0.15) is 47.2 Å². The number of hydrogen-bond acceptors (Lipinski definition) is 1. The monoisotopic (exact) mass is 816 g/mol. The van der Waals surface area contributed by atoms with E-state index >= 15 is 0 Å². The Hall–Kier alpha value is -7.94. The van der Waals surface area contributed by atoms with Crippen LogP contribution in [-0.2, 0) is 10.8 Å². The van der Waals surface area contributed by atoms with Crippen LogP contribution in [0.3, 0.4) is 0 Å². The lowest BCUT2D eigenvalue weighted by molar-refractivity contribution is 0.660. The fourth-order valence-corrected chi connectivity index (χ4v) is 11.5. The largest absolute Gasteiger partial charge is 0.310 e. The van der Waals surface area contributed by atoms with Crippen LogP contribution in [0.25, 0.3) is 60.5 Å². The molecule has 0 saturated heterocycles. The van der Waals surface area contributed by atoms with Gasteiger partial charge in [0.15, 0.2) is 0 Å². The van der Waals surface area contributed by atoms with Crippen molar-refractivity contribution in [3.05, 3.63) is 264 Å². The number of fused-ring (bicyclic) bond motifs is 10. The molecule has 0 radical (unpaired) electrons. The Kier molecular flexibility index (Phi) is 7.90. The van der Waals surface area contributed by atoms with Gasteiger partial charge in [-0.25, -0.2) is 0 Å². The van der Waals surface area contributed by atoms with Crippen LogP contribution in [0.5, 0.6) is 0 Å². The number of anilines is 3. The molecule has 0 bridgehead atoms. The zero-order valence-corrected chi connectivity index (χ0v) is 35.8. The summed E-state index contributed by atoms with van der Waals surface area (Å²) < 4.78 is 2.44. The molecule has 302 valence electrons. The van der Waals surface area contributed by atoms with Gasteiger partial charge >= 0.3 is 0 Å². The van der Waals surface area contributed by atoms with Crippen molar-refractivity contribution >= 4 is 49.6 Å². The smallest absolute Gasteiger partial charge is 0.0713 e. The summed E-state index contributed by atoms with van der Waals surface area (Å²) in [6, 6.07) is 85.9. The number of hydrogen-bond donors (Lipinski definition) is 0. The number of benzene rings is 10. The van der Waals surface area contributed by atoms with Gasteiger partial charge in [0.2, 0.25) is 0 Å². The second kappa shape index (κ2) is 13.8. The van der Waals surface area contributed by atoms with E-state index in [9.17, 15) is 0 Å². The van der Waals surface area contributed by atoms with E-state index in [1.807, 2.05) is 0 Å². The SMILES string of the molecule is CC1(C)c2ccccc2-c2ccc(N(c3ccc4ccccc4c3)c3ccc4c(c3)c3cc(C5(c6ccccc6)c6ccccc6-c6ccccc65)ccc3n4-c3ccccc3)cc21. The molecule has 0 amide bonds. The predicted octanol–water partition coefficient (Wildman–Crippen LogP) is 16.1. The highest BCUT2D eigenvalue weighted by Gasteiger charge is 2.46. The van der Waals surface area contributed by atoms with Crippen molar-refractivity contribution in [1.82, 2.24) is 4.57 Å². The Bertz CT molecular complexity index is 3600. The van der Waals surface area contributed by atoms with Gasteiger partial charge in [-0.15, -0.1) is 0 Å². The van der Waals surface area contributed by atoms with Gasteiger partial charge in [-0.2, -0.15) is 0 Å². The van der Waals surface area contributed by atoms with Crippen molar-refractivity contribution in [1.29, 1.82) is 0 Å². The number of para-hydroxylation sites is 1. The van der Waals surface area contributed by atoms with Gasteiger partial charge in [-0.1, -0.05) is 178 Å². The summed E-state index contributed by atoms with van der Waals surface area (Å²) >= 11 is 0. The van der Waals surface area contributed by atoms with Gasteiger partial charge in [-0.05, 0) is 133 Å². The third kappa shape index (κ3) is 5.14. The lowest BCUT2D eigenvalue weighted by Crippen LogP contribution is -2.28. The minimum absolute atomic E-state index is 0.132. The Morgan fingerprint density at radius 3 is 1.56 bits per heavy atom. The van der Waals surface area contributed by atoms with E-state index in [4.69, 9.17) is 0 Å². The molecule has 0 fully saturated rings. The molecule has 13 rings (SSSR count). The number of aromatic nitrogens is 1. The maximum atomic E-state index is 2.50. The molecule has 2 heteroatoms. The summed E-state index contributed by atoms with van der Waals surface area (Å²) in [4.78, 5) is 2.47. The Balaban J connectivity index is 1.09. The molecule has 0 unspecified atom stereocenters. The van der Waals surface area contributed by atoms with Crippen LogP contribution in [0.4, 0.5) is 17.1 Å². The van der Waals surface area contributed by atoms with Crippen LogP contribution >= 0.6 is 0 Å². The van der Waals surface area contributed by atoms with Gasteiger partial charge in [0, 0.05) is 38.9 Å². The summed E-state index contributed by atoms with van der Waals surface area (Å²) in [6.07, 6.45) is 0. The maximum absolute atomic E-state index is 2.50. The molecule has 0 N–H and O–H groups in total. The lowest BCUT2D eigenvalue weighted by Gasteiger charge is -2.34. The highest BCUT2D eigenvalue weighted by Crippen LogP contribution is 2.57. The third-order valence-corrected chi connectivity index (χ3v) is 14.4. The van der Waals surface area contributed by atoms with E-state index in [0.29, 0.717) is 0 Å². The Morgan fingerprint density at radius 2 is 0.844 bits per heavy atom. The molecule has 2 aliphatic rings. The summed E-state index contributed by atoms with van der Waals surface area (Å²) in [5.74, 6) is 0. The zero-order valence-electron chi connectivity index (χ0n) is 35.8. The van der Waals surface area contributed by atoms with E-state index in [0.717, 1.165) is 22.7 Å². The van der Waals surface area contributed by atoms with Gasteiger partial charge in [-0.3, -0.25) is 0 Å². The normalized spacial score (nSPS) is 14.0. The fraction of sp³-hybridized carbons (Fsp3) is 0.0645. The molecule has 64 heavy (non-hydrogen) atoms. The molecule has 0 saturated carbocycles. The lowest BCUT2D eigenvalue weighted by atomic mass is 9.67. The Morgan fingerprint density at radius 1 is 0.344 bits per heavy atom. The zero-order chi connectivity index (χ0) is 42.6. The highest BCUT2D eigenvalue weighted by molar-refractivity contribution is 6.11. The van der Waals surface area contributed by atoms with E-state index < -0.39 is 5.41 Å². The summed E-state index contributed by atoms with van der Waals surface area (Å²) in [5.41, 5.74) is 19.4. The number of rotatable bonds is 6. The van der Waals surface area contributed by atoms with Gasteiger partial charge < -0.3 is 9.47 Å². The van der Waals surface area contributed by atoms with E-state index in [1.165, 1.54) is 88.2 Å². The number of nitrogens with zero attached hydrogens (tertiary/aromatic N) is 2. The van der Waals surface area contributed by atoms with Crippen molar-refractivity contribution in [2.75, 3.05) is 4.90 Å². The van der Waals surface area contributed by atoms with Gasteiger partial charge in [0.1, 0.15) is 0 Å². The van der Waals surface area contributed by atoms with Crippen LogP contribution in [0.15, 0.2) is 231 Å². The molecule has 11 aromatic rings. The summed E-state index contributed by atoms with van der Waals surface area (Å²) in [6.45, 7) is 4.74. The van der Waals surface area contributed by atoms with Crippen molar-refractivity contribution in [3.63, 3.8) is 0 Å². The molecular weight excluding hydrogens is 773 g/mol. The first-order valence-corrected chi connectivity index (χ1v) is 22.4. The van der Waals surface area contributed by atoms with Crippen molar-refractivity contribution in [2.45, 2.75) is 24.7 Å². The molecule has 10 aromatic carbocycles. The molecule has 2 nitrogen and oxygen atoms in total. The second-order valence-electron chi connectivity index (χ2n) is 18.1. The van der Waals surface area contributed by atoms with Crippen molar-refractivity contribution in [2.24, 2.45) is 0 Å². The molecular formula is C62H44N2. The molecule has 0 atom stereocenters. The van der Waals surface area contributed by atoms with E-state index in [2.05, 4.69) is 254 Å². The molecule has 0 spiro atoms. The standard InChI is InChI=1S/C62H44N2/c1-61(2)55-26-14-11-23-49(55)52-34-32-48(40-58(52)61)63(46-31-29-41-17-9-10-18-42(41)37-46)47-33-36-60-54(39-47)53-38-44(30-35-59(53)64(60)45-21-7-4-8-22-45)62(43-19-5-3-6-20-43)56-27-15-12-24-50(56)51-25-13-16-28-57(51)62/h3-40H,1-2H3. The maximum Gasteiger partial charge on any atom is 0.0713 e. The van der Waals surface area contributed by atoms with Crippen LogP contribution in [0, 0.1) is 0 Å². The quantitative estimate of drug-likeness (QED) is 0.162. The highest BCUT2D eigenvalue weighted by atomic mass is 15.1. The fourth-order valence-electron chi connectivity index (χ4n) is 11.5. The average molecular weight is 817 g/mol. The summed E-state index contributed by atoms with van der Waals surface area (Å²) in [7, 11) is 0. The van der Waals surface area contributed by atoms with Crippen molar-refractivity contribution in [3.8, 4) is 27.9 Å². The minimum Gasteiger partial charge on any atom is -0.310 e. The van der Waals surface area contributed by atoms with Crippen LogP contribution in [-0.4, -0.2) is 4.57 Å². The van der Waals surface area contributed by atoms with Crippen LogP contribution in [0.2, 0.25) is 0 Å². The van der Waals surface area contributed by atoms with Gasteiger partial charge in [0.05, 0.1) is 16.4 Å². The van der Waals surface area contributed by atoms with Crippen molar-refractivity contribution < 1.29 is 0 Å². The Labute approximate surface area is 374 Å². The van der Waals surface area contributed by atoms with Gasteiger partial charge in [0.25, 0.3) is 0 Å². The molecule has 1 heterocycles. The van der Waals surface area contributed by atoms with E-state index in [1.54, 1.807) is 0 Å². The minimum atomic E-state index is -0.507. The van der Waals surface area contributed by atoms with Crippen LogP contribution < -0.4 is 4.90 Å². The predicted molar refractivity (Wildman–Crippen MR) is 268 cm³/mol. The first-order valence-electron chi connectivity index (χ1n) is 22.4. The molecule has 2 aliphatic carbocycles. The first-order chi connectivity index (χ1) is 31.5. The molecule has 0 aliphatic heterocycles. The summed E-state index contributed by atoms with van der Waals surface area (Å²) in [5, 5.41) is 4.88. The molecule has 1 aromatic heterocycles. The average Bonchev–Trinajstić information content (AvgIpc) is 3.93. The first kappa shape index (κ1) is 36.7. The second-order valence-corrected chi connectivity index (χ2v) is 18.1.